The molecule has 1 aromatic carbocycles. The molecule has 2 aliphatic heterocycles. The largest absolute Gasteiger partial charge is 0.381 e. The van der Waals surface area contributed by atoms with E-state index in [2.05, 4.69) is 20.5 Å². The molecule has 0 unspecified atom stereocenters. The Morgan fingerprint density at radius 2 is 2.11 bits per heavy atom. The minimum atomic E-state index is -0.189. The number of hydrogen-bond acceptors (Lipinski definition) is 5. The van der Waals surface area contributed by atoms with Crippen molar-refractivity contribution in [2.24, 2.45) is 5.92 Å². The Labute approximate surface area is 165 Å². The summed E-state index contributed by atoms with van der Waals surface area (Å²) in [6, 6.07) is 7.87. The number of rotatable bonds is 5. The monoisotopic (exact) mass is 384 g/mol. The molecular formula is C21H28N4O3. The molecule has 2 N–H and O–H groups in total. The maximum absolute atomic E-state index is 12.6. The predicted octanol–water partition coefficient (Wildman–Crippen LogP) is 2.40. The number of nitrogens with zero attached hydrogens (tertiary/aromatic N) is 2. The zero-order valence-electron chi connectivity index (χ0n) is 16.3. The first-order chi connectivity index (χ1) is 13.7. The van der Waals surface area contributed by atoms with Crippen molar-refractivity contribution < 1.29 is 14.3 Å². The van der Waals surface area contributed by atoms with Crippen molar-refractivity contribution in [1.82, 2.24) is 15.2 Å². The fraction of sp³-hybridized carbons (Fsp3) is 0.524. The molecule has 0 bridgehead atoms. The summed E-state index contributed by atoms with van der Waals surface area (Å²) >= 11 is 0. The summed E-state index contributed by atoms with van der Waals surface area (Å²) in [6.07, 6.45) is 2.81. The fourth-order valence-corrected chi connectivity index (χ4v) is 4.15. The first-order valence-electron chi connectivity index (χ1n) is 10.0. The van der Waals surface area contributed by atoms with Crippen molar-refractivity contribution in [3.8, 4) is 0 Å². The lowest BCUT2D eigenvalue weighted by molar-refractivity contribution is 0.00222. The highest BCUT2D eigenvalue weighted by molar-refractivity contribution is 6.01. The smallest absolute Gasteiger partial charge is 0.319 e. The Balaban J connectivity index is 1.42. The van der Waals surface area contributed by atoms with E-state index in [9.17, 15) is 4.79 Å². The Bertz CT molecular complexity index is 816. The van der Waals surface area contributed by atoms with Crippen LogP contribution in [0.25, 0.3) is 10.9 Å². The summed E-state index contributed by atoms with van der Waals surface area (Å²) in [5, 5.41) is 7.02. The maximum atomic E-state index is 12.6. The molecule has 150 valence electrons. The van der Waals surface area contributed by atoms with Gasteiger partial charge in [0.2, 0.25) is 0 Å². The van der Waals surface area contributed by atoms with Crippen LogP contribution in [0.2, 0.25) is 0 Å². The SMILES string of the molecule is Cc1ccc(NC(=O)NC[C@@H]([C@H]2CCOC2)N2CCOCC2)c2cccnc12. The average Bonchev–Trinajstić information content (AvgIpc) is 3.26. The first-order valence-corrected chi connectivity index (χ1v) is 10.0. The quantitative estimate of drug-likeness (QED) is 0.828. The third-order valence-corrected chi connectivity index (χ3v) is 5.72. The number of carbonyl (C=O) groups is 1. The highest BCUT2D eigenvalue weighted by atomic mass is 16.5. The van der Waals surface area contributed by atoms with E-state index >= 15 is 0 Å². The van der Waals surface area contributed by atoms with Gasteiger partial charge in [0.05, 0.1) is 31.0 Å². The molecule has 4 rings (SSSR count). The Kier molecular flexibility index (Phi) is 6.04. The molecule has 0 spiro atoms. The molecule has 1 aromatic heterocycles. The number of hydrogen-bond donors (Lipinski definition) is 2. The number of ether oxygens (including phenoxy) is 2. The van der Waals surface area contributed by atoms with Crippen LogP contribution in [0.1, 0.15) is 12.0 Å². The van der Waals surface area contributed by atoms with E-state index < -0.39 is 0 Å². The Hall–Kier alpha value is -2.22. The van der Waals surface area contributed by atoms with Crippen molar-refractivity contribution in [1.29, 1.82) is 0 Å². The van der Waals surface area contributed by atoms with Gasteiger partial charge in [-0.3, -0.25) is 9.88 Å². The molecule has 2 fully saturated rings. The number of benzene rings is 1. The standard InChI is InChI=1S/C21H28N4O3/c1-15-4-5-18(17-3-2-7-22-20(15)17)24-21(26)23-13-19(16-6-10-28-14-16)25-8-11-27-12-9-25/h2-5,7,16,19H,6,8-14H2,1H3,(H2,23,24,26)/t16-,19-/m0/s1. The van der Waals surface area contributed by atoms with Crippen LogP contribution in [-0.2, 0) is 9.47 Å². The van der Waals surface area contributed by atoms with Gasteiger partial charge >= 0.3 is 6.03 Å². The minimum Gasteiger partial charge on any atom is -0.381 e. The number of aromatic nitrogens is 1. The van der Waals surface area contributed by atoms with Crippen LogP contribution < -0.4 is 10.6 Å². The van der Waals surface area contributed by atoms with Crippen LogP contribution in [0, 0.1) is 12.8 Å². The van der Waals surface area contributed by atoms with Gasteiger partial charge < -0.3 is 20.1 Å². The topological polar surface area (TPSA) is 75.7 Å². The summed E-state index contributed by atoms with van der Waals surface area (Å²) in [5.41, 5.74) is 2.78. The van der Waals surface area contributed by atoms with E-state index in [0.29, 0.717) is 12.5 Å². The molecule has 7 nitrogen and oxygen atoms in total. The van der Waals surface area contributed by atoms with Gasteiger partial charge in [0, 0.05) is 49.8 Å². The van der Waals surface area contributed by atoms with Gasteiger partial charge in [0.1, 0.15) is 0 Å². The lowest BCUT2D eigenvalue weighted by Crippen LogP contribution is -2.52. The third-order valence-electron chi connectivity index (χ3n) is 5.72. The molecule has 2 saturated heterocycles. The van der Waals surface area contributed by atoms with E-state index in [-0.39, 0.29) is 12.1 Å². The second-order valence-corrected chi connectivity index (χ2v) is 7.50. The molecule has 2 aromatic rings. The lowest BCUT2D eigenvalue weighted by Gasteiger charge is -2.37. The number of aryl methyl sites for hydroxylation is 1. The summed E-state index contributed by atoms with van der Waals surface area (Å²) in [4.78, 5) is 19.5. The number of carbonyl (C=O) groups excluding carboxylic acids is 1. The summed E-state index contributed by atoms with van der Waals surface area (Å²) < 4.78 is 11.1. The Morgan fingerprint density at radius 3 is 2.89 bits per heavy atom. The molecule has 2 aliphatic rings. The normalized spacial score (nSPS) is 21.5. The number of urea groups is 1. The summed E-state index contributed by atoms with van der Waals surface area (Å²) in [7, 11) is 0. The van der Waals surface area contributed by atoms with Crippen LogP contribution in [-0.4, -0.2) is 68.0 Å². The van der Waals surface area contributed by atoms with Crippen LogP contribution in [0.3, 0.4) is 0 Å². The van der Waals surface area contributed by atoms with Crippen molar-refractivity contribution in [2.75, 3.05) is 51.4 Å². The average molecular weight is 384 g/mol. The van der Waals surface area contributed by atoms with E-state index in [4.69, 9.17) is 9.47 Å². The Morgan fingerprint density at radius 1 is 1.25 bits per heavy atom. The molecular weight excluding hydrogens is 356 g/mol. The van der Waals surface area contributed by atoms with Crippen LogP contribution in [0.15, 0.2) is 30.5 Å². The van der Waals surface area contributed by atoms with Gasteiger partial charge in [0.15, 0.2) is 0 Å². The van der Waals surface area contributed by atoms with Crippen LogP contribution >= 0.6 is 0 Å². The molecule has 28 heavy (non-hydrogen) atoms. The van der Waals surface area contributed by atoms with Crippen LogP contribution in [0.5, 0.6) is 0 Å². The highest BCUT2D eigenvalue weighted by Crippen LogP contribution is 2.25. The maximum Gasteiger partial charge on any atom is 0.319 e. The van der Waals surface area contributed by atoms with Crippen molar-refractivity contribution >= 4 is 22.6 Å². The van der Waals surface area contributed by atoms with Crippen molar-refractivity contribution in [3.05, 3.63) is 36.0 Å². The lowest BCUT2D eigenvalue weighted by atomic mass is 9.97. The van der Waals surface area contributed by atoms with E-state index in [1.165, 1.54) is 0 Å². The highest BCUT2D eigenvalue weighted by Gasteiger charge is 2.31. The molecule has 7 heteroatoms. The number of morpholine rings is 1. The van der Waals surface area contributed by atoms with Gasteiger partial charge in [-0.1, -0.05) is 6.07 Å². The summed E-state index contributed by atoms with van der Waals surface area (Å²) in [5.74, 6) is 0.447. The fourth-order valence-electron chi connectivity index (χ4n) is 4.15. The van der Waals surface area contributed by atoms with Gasteiger partial charge in [-0.15, -0.1) is 0 Å². The van der Waals surface area contributed by atoms with E-state index in [1.54, 1.807) is 6.20 Å². The predicted molar refractivity (Wildman–Crippen MR) is 109 cm³/mol. The minimum absolute atomic E-state index is 0.189. The molecule has 0 aliphatic carbocycles. The molecule has 3 heterocycles. The molecule has 2 atom stereocenters. The number of fused-ring (bicyclic) bond motifs is 1. The number of anilines is 1. The zero-order valence-corrected chi connectivity index (χ0v) is 16.3. The van der Waals surface area contributed by atoms with Crippen molar-refractivity contribution in [3.63, 3.8) is 0 Å². The summed E-state index contributed by atoms with van der Waals surface area (Å²) in [6.45, 7) is 7.49. The van der Waals surface area contributed by atoms with Gasteiger partial charge in [-0.25, -0.2) is 4.79 Å². The van der Waals surface area contributed by atoms with Crippen molar-refractivity contribution in [2.45, 2.75) is 19.4 Å². The second-order valence-electron chi connectivity index (χ2n) is 7.50. The second kappa shape index (κ2) is 8.86. The molecule has 0 saturated carbocycles. The van der Waals surface area contributed by atoms with E-state index in [0.717, 1.165) is 68.1 Å². The van der Waals surface area contributed by atoms with Gasteiger partial charge in [-0.2, -0.15) is 0 Å². The van der Waals surface area contributed by atoms with Gasteiger partial charge in [0.25, 0.3) is 0 Å². The molecule has 2 amide bonds. The van der Waals surface area contributed by atoms with E-state index in [1.807, 2.05) is 31.2 Å². The molecule has 0 radical (unpaired) electrons. The van der Waals surface area contributed by atoms with Crippen LogP contribution in [0.4, 0.5) is 10.5 Å². The third kappa shape index (κ3) is 4.27. The number of amides is 2. The first kappa shape index (κ1) is 19.1. The van der Waals surface area contributed by atoms with Gasteiger partial charge in [-0.05, 0) is 37.1 Å². The number of pyridine rings is 1. The number of nitrogens with one attached hydrogen (secondary N) is 2. The zero-order chi connectivity index (χ0) is 19.3.